The van der Waals surface area contributed by atoms with E-state index in [4.69, 9.17) is 0 Å². The van der Waals surface area contributed by atoms with E-state index in [1.54, 1.807) is 12.8 Å². The summed E-state index contributed by atoms with van der Waals surface area (Å²) in [6, 6.07) is 0.917. The lowest BCUT2D eigenvalue weighted by atomic mass is 10.0. The summed E-state index contributed by atoms with van der Waals surface area (Å²) in [6.07, 6.45) is 4.55. The van der Waals surface area contributed by atoms with Gasteiger partial charge in [0, 0.05) is 6.04 Å². The van der Waals surface area contributed by atoms with Gasteiger partial charge < -0.3 is 5.32 Å². The third kappa shape index (κ3) is 0.585. The van der Waals surface area contributed by atoms with E-state index in [-0.39, 0.29) is 0 Å². The summed E-state index contributed by atoms with van der Waals surface area (Å²) in [7, 11) is 0. The van der Waals surface area contributed by atoms with Gasteiger partial charge in [-0.2, -0.15) is 0 Å². The van der Waals surface area contributed by atoms with Crippen molar-refractivity contribution < 1.29 is 0 Å². The third-order valence-corrected chi connectivity index (χ3v) is 4.92. The van der Waals surface area contributed by atoms with Gasteiger partial charge in [-0.1, -0.05) is 13.8 Å². The molecule has 4 bridgehead atoms. The second kappa shape index (κ2) is 2.06. The molecule has 0 unspecified atom stereocenters. The van der Waals surface area contributed by atoms with Crippen LogP contribution in [0.4, 0.5) is 0 Å². The molecule has 4 aliphatic carbocycles. The molecule has 4 aliphatic rings. The van der Waals surface area contributed by atoms with Crippen LogP contribution in [0.5, 0.6) is 0 Å². The minimum Gasteiger partial charge on any atom is -0.314 e. The van der Waals surface area contributed by atoms with Gasteiger partial charge in [0.15, 0.2) is 0 Å². The highest BCUT2D eigenvalue weighted by molar-refractivity contribution is 5.27. The van der Waals surface area contributed by atoms with Crippen LogP contribution in [0.25, 0.3) is 0 Å². The fourth-order valence-corrected chi connectivity index (χ4v) is 4.52. The highest BCUT2D eigenvalue weighted by Gasteiger charge is 2.77. The summed E-state index contributed by atoms with van der Waals surface area (Å²) < 4.78 is 0. The normalized spacial score (nSPS) is 59.5. The Morgan fingerprint density at radius 3 is 2.75 bits per heavy atom. The molecule has 4 fully saturated rings. The molecule has 4 saturated carbocycles. The molecule has 0 aromatic rings. The Labute approximate surface area is 74.9 Å². The molecule has 1 nitrogen and oxygen atoms in total. The average Bonchev–Trinajstić information content (AvgIpc) is 2.49. The Morgan fingerprint density at radius 2 is 2.25 bits per heavy atom. The smallest absolute Gasteiger partial charge is 0.0132 e. The van der Waals surface area contributed by atoms with E-state index in [1.165, 1.54) is 13.0 Å². The van der Waals surface area contributed by atoms with Crippen LogP contribution in [-0.2, 0) is 0 Å². The first-order valence-electron chi connectivity index (χ1n) is 5.57. The van der Waals surface area contributed by atoms with Crippen molar-refractivity contribution in [1.82, 2.24) is 5.32 Å². The minimum atomic E-state index is 0.845. The van der Waals surface area contributed by atoms with Crippen molar-refractivity contribution >= 4 is 0 Å². The van der Waals surface area contributed by atoms with Crippen LogP contribution in [0.3, 0.4) is 0 Å². The van der Waals surface area contributed by atoms with Crippen molar-refractivity contribution in [3.05, 3.63) is 0 Å². The molecular formula is C11H19N. The van der Waals surface area contributed by atoms with Crippen LogP contribution in [0.1, 0.15) is 33.1 Å². The summed E-state index contributed by atoms with van der Waals surface area (Å²) in [4.78, 5) is 0. The van der Waals surface area contributed by atoms with Gasteiger partial charge in [-0.05, 0) is 49.0 Å². The van der Waals surface area contributed by atoms with Crippen molar-refractivity contribution in [3.63, 3.8) is 0 Å². The first kappa shape index (κ1) is 7.37. The number of hydrogen-bond acceptors (Lipinski definition) is 1. The highest BCUT2D eigenvalue weighted by Crippen LogP contribution is 2.80. The van der Waals surface area contributed by atoms with Crippen LogP contribution in [0, 0.1) is 23.2 Å². The topological polar surface area (TPSA) is 12.0 Å². The van der Waals surface area contributed by atoms with Crippen LogP contribution in [-0.4, -0.2) is 12.6 Å². The number of rotatable bonds is 3. The largest absolute Gasteiger partial charge is 0.314 e. The molecule has 1 heteroatoms. The lowest BCUT2D eigenvalue weighted by Gasteiger charge is -2.14. The van der Waals surface area contributed by atoms with Gasteiger partial charge in [-0.15, -0.1) is 0 Å². The lowest BCUT2D eigenvalue weighted by molar-refractivity contribution is 0.430. The van der Waals surface area contributed by atoms with Crippen molar-refractivity contribution in [3.8, 4) is 0 Å². The molecular weight excluding hydrogens is 146 g/mol. The molecule has 4 rings (SSSR count). The van der Waals surface area contributed by atoms with E-state index in [9.17, 15) is 0 Å². The Hall–Kier alpha value is -0.0400. The summed E-state index contributed by atoms with van der Waals surface area (Å²) in [5, 5.41) is 3.69. The molecule has 68 valence electrons. The predicted octanol–water partition coefficient (Wildman–Crippen LogP) is 2.03. The number of nitrogens with one attached hydrogen (secondary N) is 1. The van der Waals surface area contributed by atoms with Crippen molar-refractivity contribution in [2.24, 2.45) is 23.2 Å². The fraction of sp³-hybridized carbons (Fsp3) is 1.00. The maximum atomic E-state index is 3.69. The maximum Gasteiger partial charge on any atom is 0.0132 e. The highest BCUT2D eigenvalue weighted by atomic mass is 15.0. The first-order chi connectivity index (χ1) is 5.83. The predicted molar refractivity (Wildman–Crippen MR) is 49.9 cm³/mol. The molecule has 0 aromatic heterocycles. The van der Waals surface area contributed by atoms with Crippen LogP contribution < -0.4 is 5.32 Å². The molecule has 12 heavy (non-hydrogen) atoms. The van der Waals surface area contributed by atoms with Crippen LogP contribution in [0.15, 0.2) is 0 Å². The van der Waals surface area contributed by atoms with Gasteiger partial charge in [0.25, 0.3) is 0 Å². The van der Waals surface area contributed by atoms with Crippen molar-refractivity contribution in [2.75, 3.05) is 6.54 Å². The first-order valence-corrected chi connectivity index (χ1v) is 5.57. The molecule has 0 aliphatic heterocycles. The van der Waals surface area contributed by atoms with E-state index >= 15 is 0 Å². The summed E-state index contributed by atoms with van der Waals surface area (Å²) in [5.41, 5.74) is 0.845. The Bertz CT molecular complexity index is 213. The fourth-order valence-electron chi connectivity index (χ4n) is 4.52. The lowest BCUT2D eigenvalue weighted by Crippen LogP contribution is -2.32. The van der Waals surface area contributed by atoms with Crippen LogP contribution in [0.2, 0.25) is 0 Å². The van der Waals surface area contributed by atoms with Crippen molar-refractivity contribution in [1.29, 1.82) is 0 Å². The van der Waals surface area contributed by atoms with Gasteiger partial charge in [0.1, 0.15) is 0 Å². The summed E-state index contributed by atoms with van der Waals surface area (Å²) >= 11 is 0. The average molecular weight is 165 g/mol. The second-order valence-corrected chi connectivity index (χ2v) is 5.00. The second-order valence-electron chi connectivity index (χ2n) is 5.00. The molecule has 1 N–H and O–H groups in total. The van der Waals surface area contributed by atoms with Crippen LogP contribution >= 0.6 is 0 Å². The third-order valence-electron chi connectivity index (χ3n) is 4.92. The molecule has 0 radical (unpaired) electrons. The molecule has 0 spiro atoms. The van der Waals surface area contributed by atoms with Gasteiger partial charge >= 0.3 is 0 Å². The molecule has 0 saturated heterocycles. The van der Waals surface area contributed by atoms with Gasteiger partial charge in [0.2, 0.25) is 0 Å². The Kier molecular flexibility index (Phi) is 1.27. The SMILES string of the molecule is CCN[C@@H]1[C@H]2C[C@H]3[C@H]1[C@@]3(CC)C2. The van der Waals surface area contributed by atoms with Gasteiger partial charge in [0.05, 0.1) is 0 Å². The minimum absolute atomic E-state index is 0.845. The van der Waals surface area contributed by atoms with Gasteiger partial charge in [-0.25, -0.2) is 0 Å². The quantitative estimate of drug-likeness (QED) is 0.674. The monoisotopic (exact) mass is 165 g/mol. The molecule has 5 atom stereocenters. The molecule has 0 amide bonds. The molecule has 0 aromatic carbocycles. The Morgan fingerprint density at radius 1 is 1.42 bits per heavy atom. The summed E-state index contributed by atoms with van der Waals surface area (Å²) in [5.74, 6) is 3.28. The maximum absolute atomic E-state index is 3.69. The zero-order valence-corrected chi connectivity index (χ0v) is 8.14. The van der Waals surface area contributed by atoms with Gasteiger partial charge in [-0.3, -0.25) is 0 Å². The number of hydrogen-bond donors (Lipinski definition) is 1. The summed E-state index contributed by atoms with van der Waals surface area (Å²) in [6.45, 7) is 5.81. The van der Waals surface area contributed by atoms with E-state index in [2.05, 4.69) is 19.2 Å². The zero-order valence-electron chi connectivity index (χ0n) is 8.14. The zero-order chi connectivity index (χ0) is 8.34. The van der Waals surface area contributed by atoms with E-state index in [1.807, 2.05) is 0 Å². The molecule has 0 heterocycles. The van der Waals surface area contributed by atoms with E-state index in [0.717, 1.165) is 29.2 Å². The van der Waals surface area contributed by atoms with E-state index < -0.39 is 0 Å². The van der Waals surface area contributed by atoms with Crippen molar-refractivity contribution in [2.45, 2.75) is 39.2 Å². The van der Waals surface area contributed by atoms with E-state index in [0.29, 0.717) is 0 Å². The standard InChI is InChI=1S/C11H19N/c1-3-11-6-7-5-8(11)9(11)10(7)12-4-2/h7-10,12H,3-6H2,1-2H3/t7-,8-,9+,10+,11-/m0/s1. The Balaban J connectivity index is 1.81.